The van der Waals surface area contributed by atoms with Gasteiger partial charge in [0.25, 0.3) is 0 Å². The van der Waals surface area contributed by atoms with Crippen molar-refractivity contribution < 1.29 is 0 Å². The van der Waals surface area contributed by atoms with E-state index < -0.39 is 0 Å². The summed E-state index contributed by atoms with van der Waals surface area (Å²) in [4.78, 5) is 4.24. The van der Waals surface area contributed by atoms with Gasteiger partial charge in [-0.1, -0.05) is 0 Å². The first-order valence-corrected chi connectivity index (χ1v) is 5.00. The molecule has 3 rings (SSSR count). The summed E-state index contributed by atoms with van der Waals surface area (Å²) < 4.78 is 2.87. The van der Waals surface area contributed by atoms with Gasteiger partial charge < -0.3 is 0 Å². The molecule has 0 aliphatic heterocycles. The molecule has 3 heterocycles. The Kier molecular flexibility index (Phi) is 1.78. The first-order chi connectivity index (χ1) is 7.34. The Balaban J connectivity index is 2.32. The van der Waals surface area contributed by atoms with E-state index in [0.717, 1.165) is 15.8 Å². The van der Waals surface area contributed by atoms with Gasteiger partial charge in [0.05, 0.1) is 6.20 Å². The van der Waals surface area contributed by atoms with Crippen LogP contribution in [0.5, 0.6) is 0 Å². The first kappa shape index (κ1) is 8.54. The quantitative estimate of drug-likeness (QED) is 0.719. The molecule has 0 fully saturated rings. The normalized spacial score (nSPS) is 11.0. The van der Waals surface area contributed by atoms with Crippen LogP contribution in [0.15, 0.2) is 29.0 Å². The number of hydrogen-bond acceptors (Lipinski definition) is 4. The van der Waals surface area contributed by atoms with Crippen molar-refractivity contribution in [3.05, 3.63) is 29.0 Å². The van der Waals surface area contributed by atoms with Gasteiger partial charge in [-0.2, -0.15) is 5.21 Å². The maximum absolute atomic E-state index is 4.24. The third-order valence-electron chi connectivity index (χ3n) is 2.04. The van der Waals surface area contributed by atoms with Crippen LogP contribution in [0, 0.1) is 0 Å². The van der Waals surface area contributed by atoms with Gasteiger partial charge in [-0.3, -0.25) is 4.40 Å². The van der Waals surface area contributed by atoms with E-state index in [1.165, 1.54) is 0 Å². The summed E-state index contributed by atoms with van der Waals surface area (Å²) in [6, 6.07) is 3.84. The van der Waals surface area contributed by atoms with Crippen molar-refractivity contribution >= 4 is 21.6 Å². The molecular weight excluding hydrogens is 260 g/mol. The number of imidazole rings is 1. The zero-order chi connectivity index (χ0) is 10.3. The number of rotatable bonds is 1. The van der Waals surface area contributed by atoms with Gasteiger partial charge in [0.2, 0.25) is 5.82 Å². The fourth-order valence-electron chi connectivity index (χ4n) is 1.39. The maximum atomic E-state index is 4.24. The second-order valence-electron chi connectivity index (χ2n) is 2.95. The van der Waals surface area contributed by atoms with Crippen LogP contribution in [0.4, 0.5) is 0 Å². The Hall–Kier alpha value is -1.76. The third-order valence-corrected chi connectivity index (χ3v) is 2.51. The molecule has 0 aliphatic rings. The monoisotopic (exact) mass is 264 g/mol. The van der Waals surface area contributed by atoms with Gasteiger partial charge in [0.15, 0.2) is 0 Å². The highest BCUT2D eigenvalue weighted by molar-refractivity contribution is 9.10. The topological polar surface area (TPSA) is 71.8 Å². The summed E-state index contributed by atoms with van der Waals surface area (Å²) in [5.41, 5.74) is 1.65. The zero-order valence-corrected chi connectivity index (χ0v) is 9.01. The van der Waals surface area contributed by atoms with Gasteiger partial charge in [-0.15, -0.1) is 10.2 Å². The molecule has 0 spiro atoms. The minimum Gasteiger partial charge on any atom is -0.296 e. The van der Waals surface area contributed by atoms with Crippen molar-refractivity contribution in [3.63, 3.8) is 0 Å². The number of hydrogen-bond donors (Lipinski definition) is 1. The van der Waals surface area contributed by atoms with E-state index in [1.807, 2.05) is 22.7 Å². The van der Waals surface area contributed by atoms with Crippen molar-refractivity contribution in [2.75, 3.05) is 0 Å². The first-order valence-electron chi connectivity index (χ1n) is 4.21. The fourth-order valence-corrected chi connectivity index (χ4v) is 1.73. The predicted molar refractivity (Wildman–Crippen MR) is 56.1 cm³/mol. The molecule has 0 aromatic carbocycles. The molecule has 0 saturated heterocycles. The summed E-state index contributed by atoms with van der Waals surface area (Å²) in [5, 5.41) is 13.8. The molecule has 6 nitrogen and oxygen atoms in total. The minimum absolute atomic E-state index is 0.528. The third kappa shape index (κ3) is 1.32. The average Bonchev–Trinajstić information content (AvgIpc) is 2.83. The minimum atomic E-state index is 0.528. The molecule has 1 N–H and O–H groups in total. The van der Waals surface area contributed by atoms with E-state index >= 15 is 0 Å². The Bertz CT molecular complexity index is 599. The standard InChI is InChI=1S/C8H5BrN6/c9-5-1-2-7-10-3-6(15(7)4-5)8-11-13-14-12-8/h1-4H,(H,11,12,13,14). The Morgan fingerprint density at radius 3 is 3.07 bits per heavy atom. The van der Waals surface area contributed by atoms with Gasteiger partial charge in [-0.05, 0) is 33.3 Å². The van der Waals surface area contributed by atoms with Crippen LogP contribution < -0.4 is 0 Å². The highest BCUT2D eigenvalue weighted by atomic mass is 79.9. The van der Waals surface area contributed by atoms with Crippen molar-refractivity contribution in [1.29, 1.82) is 0 Å². The molecule has 0 saturated carbocycles. The highest BCUT2D eigenvalue weighted by Gasteiger charge is 2.09. The number of halogens is 1. The molecule has 3 aromatic heterocycles. The second-order valence-corrected chi connectivity index (χ2v) is 3.87. The van der Waals surface area contributed by atoms with Crippen LogP contribution in [-0.2, 0) is 0 Å². The van der Waals surface area contributed by atoms with Crippen molar-refractivity contribution in [2.45, 2.75) is 0 Å². The van der Waals surface area contributed by atoms with E-state index in [1.54, 1.807) is 6.20 Å². The lowest BCUT2D eigenvalue weighted by Crippen LogP contribution is -1.89. The number of nitrogens with one attached hydrogen (secondary N) is 1. The molecule has 0 atom stereocenters. The number of aromatic amines is 1. The summed E-state index contributed by atoms with van der Waals surface area (Å²) in [7, 11) is 0. The molecule has 0 amide bonds. The lowest BCUT2D eigenvalue weighted by molar-refractivity contribution is 0.881. The van der Waals surface area contributed by atoms with Gasteiger partial charge in [0, 0.05) is 10.7 Å². The SMILES string of the molecule is Brc1ccc2ncc(-c3nn[nH]n3)n2c1. The van der Waals surface area contributed by atoms with Crippen molar-refractivity contribution in [1.82, 2.24) is 30.0 Å². The molecule has 7 heteroatoms. The highest BCUT2D eigenvalue weighted by Crippen LogP contribution is 2.18. The Morgan fingerprint density at radius 2 is 2.27 bits per heavy atom. The van der Waals surface area contributed by atoms with Gasteiger partial charge in [0.1, 0.15) is 11.3 Å². The smallest absolute Gasteiger partial charge is 0.222 e. The van der Waals surface area contributed by atoms with Crippen molar-refractivity contribution in [3.8, 4) is 11.5 Å². The number of aromatic nitrogens is 6. The maximum Gasteiger partial charge on any atom is 0.222 e. The number of H-pyrrole nitrogens is 1. The molecule has 0 radical (unpaired) electrons. The van der Waals surface area contributed by atoms with Gasteiger partial charge >= 0.3 is 0 Å². The van der Waals surface area contributed by atoms with E-state index in [4.69, 9.17) is 0 Å². The van der Waals surface area contributed by atoms with Crippen molar-refractivity contribution in [2.24, 2.45) is 0 Å². The number of nitrogens with zero attached hydrogens (tertiary/aromatic N) is 5. The van der Waals surface area contributed by atoms with Crippen LogP contribution in [0.1, 0.15) is 0 Å². The number of tetrazole rings is 1. The molecule has 15 heavy (non-hydrogen) atoms. The summed E-state index contributed by atoms with van der Waals surface area (Å²) in [5.74, 6) is 0.528. The average molecular weight is 265 g/mol. The van der Waals surface area contributed by atoms with Crippen LogP contribution in [-0.4, -0.2) is 30.0 Å². The van der Waals surface area contributed by atoms with E-state index in [2.05, 4.69) is 41.5 Å². The number of pyridine rings is 1. The summed E-state index contributed by atoms with van der Waals surface area (Å²) in [6.07, 6.45) is 3.63. The lowest BCUT2D eigenvalue weighted by Gasteiger charge is -1.97. The zero-order valence-electron chi connectivity index (χ0n) is 7.42. The number of fused-ring (bicyclic) bond motifs is 1. The molecule has 0 aliphatic carbocycles. The van der Waals surface area contributed by atoms with Gasteiger partial charge in [-0.25, -0.2) is 4.98 Å². The van der Waals surface area contributed by atoms with Crippen LogP contribution in [0.25, 0.3) is 17.2 Å². The van der Waals surface area contributed by atoms with E-state index in [9.17, 15) is 0 Å². The Morgan fingerprint density at radius 1 is 1.33 bits per heavy atom. The molecule has 74 valence electrons. The second kappa shape index (κ2) is 3.13. The van der Waals surface area contributed by atoms with Crippen LogP contribution in [0.3, 0.4) is 0 Å². The molecule has 0 unspecified atom stereocenters. The summed E-state index contributed by atoms with van der Waals surface area (Å²) >= 11 is 3.40. The largest absolute Gasteiger partial charge is 0.296 e. The predicted octanol–water partition coefficient (Wildman–Crippen LogP) is 1.28. The van der Waals surface area contributed by atoms with E-state index in [-0.39, 0.29) is 0 Å². The molecule has 0 bridgehead atoms. The fraction of sp³-hybridized carbons (Fsp3) is 0. The van der Waals surface area contributed by atoms with Crippen LogP contribution in [0.2, 0.25) is 0 Å². The lowest BCUT2D eigenvalue weighted by atomic mass is 10.4. The molecule has 3 aromatic rings. The molecular formula is C8H5BrN6. The van der Waals surface area contributed by atoms with Crippen LogP contribution >= 0.6 is 15.9 Å². The summed E-state index contributed by atoms with van der Waals surface area (Å²) in [6.45, 7) is 0. The van der Waals surface area contributed by atoms with E-state index in [0.29, 0.717) is 5.82 Å². The Labute approximate surface area is 92.5 Å².